The van der Waals surface area contributed by atoms with Gasteiger partial charge in [0.25, 0.3) is 5.91 Å². The number of carboxylic acids is 2. The fourth-order valence-corrected chi connectivity index (χ4v) is 4.00. The number of anilines is 2. The van der Waals surface area contributed by atoms with E-state index >= 15 is 0 Å². The second-order valence-corrected chi connectivity index (χ2v) is 12.4. The molecular formula is C34H40N2O7. The van der Waals surface area contributed by atoms with Gasteiger partial charge in [0.15, 0.2) is 5.78 Å². The number of rotatable bonds is 12. The van der Waals surface area contributed by atoms with Gasteiger partial charge in [-0.3, -0.25) is 9.59 Å². The van der Waals surface area contributed by atoms with Gasteiger partial charge in [0.1, 0.15) is 11.5 Å². The molecule has 228 valence electrons. The first-order valence-corrected chi connectivity index (χ1v) is 14.1. The zero-order valence-corrected chi connectivity index (χ0v) is 25.9. The minimum absolute atomic E-state index is 0.0755. The molecule has 0 atom stereocenters. The summed E-state index contributed by atoms with van der Waals surface area (Å²) in [6, 6.07) is 16.0. The van der Waals surface area contributed by atoms with Gasteiger partial charge in [0.05, 0.1) is 16.7 Å². The molecule has 0 aliphatic rings. The Labute approximate surface area is 252 Å². The number of carbonyl (C=O) groups is 4. The van der Waals surface area contributed by atoms with Gasteiger partial charge in [-0.15, -0.1) is 0 Å². The molecule has 1 amide bonds. The molecule has 0 saturated carbocycles. The first kappa shape index (κ1) is 32.8. The number of ketones is 1. The molecule has 0 spiro atoms. The van der Waals surface area contributed by atoms with Crippen molar-refractivity contribution in [3.05, 3.63) is 82.9 Å². The highest BCUT2D eigenvalue weighted by Crippen LogP contribution is 2.33. The number of amides is 1. The van der Waals surface area contributed by atoms with Crippen LogP contribution in [0.5, 0.6) is 11.5 Å². The molecule has 9 nitrogen and oxygen atoms in total. The van der Waals surface area contributed by atoms with Crippen molar-refractivity contribution in [2.75, 3.05) is 10.6 Å². The minimum Gasteiger partial charge on any atom is -0.478 e. The predicted octanol–water partition coefficient (Wildman–Crippen LogP) is 7.84. The molecule has 0 heterocycles. The molecule has 0 aromatic heterocycles. The SMILES string of the molecule is CC(C)C(C)(C)Nc1ccc(Oc2ccc(NC(=O)c3cc(C(=O)C(C)(C)C(C)C)c(C(=O)O)cc3C(=O)O)cc2)cc1. The van der Waals surface area contributed by atoms with E-state index in [1.807, 2.05) is 38.1 Å². The van der Waals surface area contributed by atoms with Gasteiger partial charge in [-0.1, -0.05) is 41.5 Å². The molecule has 0 unspecified atom stereocenters. The molecule has 0 aliphatic carbocycles. The van der Waals surface area contributed by atoms with Gasteiger partial charge in [-0.25, -0.2) is 9.59 Å². The molecule has 3 aromatic rings. The Hall–Kier alpha value is -4.66. The van der Waals surface area contributed by atoms with Crippen LogP contribution in [0, 0.1) is 17.3 Å². The Morgan fingerprint density at radius 1 is 0.651 bits per heavy atom. The van der Waals surface area contributed by atoms with Gasteiger partial charge in [0, 0.05) is 27.9 Å². The van der Waals surface area contributed by atoms with Crippen molar-refractivity contribution >= 4 is 35.0 Å². The fraction of sp³-hybridized carbons (Fsp3) is 0.353. The van der Waals surface area contributed by atoms with E-state index in [-0.39, 0.29) is 22.6 Å². The highest BCUT2D eigenvalue weighted by atomic mass is 16.5. The first-order chi connectivity index (χ1) is 19.9. The molecule has 0 radical (unpaired) electrons. The molecule has 0 fully saturated rings. The topological polar surface area (TPSA) is 142 Å². The summed E-state index contributed by atoms with van der Waals surface area (Å²) in [6.45, 7) is 15.6. The lowest BCUT2D eigenvalue weighted by atomic mass is 9.74. The number of nitrogens with one attached hydrogen (secondary N) is 2. The molecular weight excluding hydrogens is 548 g/mol. The molecule has 3 rings (SSSR count). The van der Waals surface area contributed by atoms with E-state index in [0.29, 0.717) is 23.1 Å². The van der Waals surface area contributed by atoms with Crippen LogP contribution in [0.3, 0.4) is 0 Å². The molecule has 43 heavy (non-hydrogen) atoms. The molecule has 0 aliphatic heterocycles. The molecule has 4 N–H and O–H groups in total. The predicted molar refractivity (Wildman–Crippen MR) is 167 cm³/mol. The highest BCUT2D eigenvalue weighted by Gasteiger charge is 2.36. The number of ether oxygens (including phenoxy) is 1. The Morgan fingerprint density at radius 2 is 1.09 bits per heavy atom. The van der Waals surface area contributed by atoms with E-state index in [4.69, 9.17) is 4.74 Å². The van der Waals surface area contributed by atoms with Crippen molar-refractivity contribution in [1.29, 1.82) is 0 Å². The number of Topliss-reactive ketones (excluding diaryl/α,β-unsaturated/α-hetero) is 1. The summed E-state index contributed by atoms with van der Waals surface area (Å²) in [6.07, 6.45) is 0. The van der Waals surface area contributed by atoms with Gasteiger partial charge >= 0.3 is 11.9 Å². The number of carboxylic acid groups (broad SMARTS) is 2. The molecule has 0 saturated heterocycles. The maximum absolute atomic E-state index is 13.4. The van der Waals surface area contributed by atoms with Crippen LogP contribution in [-0.2, 0) is 0 Å². The number of aromatic carboxylic acids is 2. The van der Waals surface area contributed by atoms with Crippen LogP contribution >= 0.6 is 0 Å². The van der Waals surface area contributed by atoms with E-state index in [1.165, 1.54) is 0 Å². The van der Waals surface area contributed by atoms with E-state index in [9.17, 15) is 29.4 Å². The Balaban J connectivity index is 1.83. The minimum atomic E-state index is -1.49. The van der Waals surface area contributed by atoms with E-state index in [0.717, 1.165) is 17.8 Å². The van der Waals surface area contributed by atoms with Crippen LogP contribution in [-0.4, -0.2) is 39.4 Å². The summed E-state index contributed by atoms with van der Waals surface area (Å²) in [4.78, 5) is 50.6. The summed E-state index contributed by atoms with van der Waals surface area (Å²) < 4.78 is 5.92. The lowest BCUT2D eigenvalue weighted by Crippen LogP contribution is -2.36. The molecule has 9 heteroatoms. The third-order valence-electron chi connectivity index (χ3n) is 8.25. The van der Waals surface area contributed by atoms with Gasteiger partial charge in [-0.2, -0.15) is 0 Å². The third kappa shape index (κ3) is 7.60. The Bertz CT molecular complexity index is 1520. The van der Waals surface area contributed by atoms with Crippen LogP contribution in [0.4, 0.5) is 11.4 Å². The summed E-state index contributed by atoms with van der Waals surface area (Å²) in [5.41, 5.74) is -1.26. The van der Waals surface area contributed by atoms with Crippen LogP contribution in [0.1, 0.15) is 96.8 Å². The Morgan fingerprint density at radius 3 is 1.53 bits per heavy atom. The summed E-state index contributed by atoms with van der Waals surface area (Å²) in [5.74, 6) is -2.83. The van der Waals surface area contributed by atoms with Crippen molar-refractivity contribution in [3.8, 4) is 11.5 Å². The molecule has 0 bridgehead atoms. The van der Waals surface area contributed by atoms with E-state index < -0.39 is 40.2 Å². The first-order valence-electron chi connectivity index (χ1n) is 14.1. The number of hydrogen-bond donors (Lipinski definition) is 4. The summed E-state index contributed by atoms with van der Waals surface area (Å²) >= 11 is 0. The lowest BCUT2D eigenvalue weighted by molar-refractivity contribution is 0.0676. The van der Waals surface area contributed by atoms with E-state index in [2.05, 4.69) is 38.3 Å². The van der Waals surface area contributed by atoms with Crippen LogP contribution in [0.2, 0.25) is 0 Å². The number of benzene rings is 3. The standard InChI is InChI=1S/C34H40N2O7/c1-19(2)33(5,6)29(37)25-17-26(28(32(41)42)18-27(25)31(39)40)30(38)35-21-9-13-23(14-10-21)43-24-15-11-22(12-16-24)36-34(7,8)20(3)4/h9-20,36H,1-8H3,(H,35,38)(H,39,40)(H,41,42). The van der Waals surface area contributed by atoms with Gasteiger partial charge in [-0.05, 0) is 86.3 Å². The zero-order chi connectivity index (χ0) is 32.3. The Kier molecular flexibility index (Phi) is 9.69. The maximum atomic E-state index is 13.4. The quantitative estimate of drug-likeness (QED) is 0.157. The number of carbonyl (C=O) groups excluding carboxylic acids is 2. The lowest BCUT2D eigenvalue weighted by Gasteiger charge is -2.31. The zero-order valence-electron chi connectivity index (χ0n) is 25.9. The normalized spacial score (nSPS) is 11.8. The van der Waals surface area contributed by atoms with Crippen molar-refractivity contribution in [3.63, 3.8) is 0 Å². The third-order valence-corrected chi connectivity index (χ3v) is 8.25. The van der Waals surface area contributed by atoms with Crippen LogP contribution < -0.4 is 15.4 Å². The van der Waals surface area contributed by atoms with Gasteiger partial charge in [0.2, 0.25) is 0 Å². The average molecular weight is 589 g/mol. The smallest absolute Gasteiger partial charge is 0.336 e. The number of hydrogen-bond acceptors (Lipinski definition) is 6. The average Bonchev–Trinajstić information content (AvgIpc) is 2.93. The van der Waals surface area contributed by atoms with Crippen molar-refractivity contribution < 1.29 is 34.1 Å². The fourth-order valence-electron chi connectivity index (χ4n) is 4.00. The van der Waals surface area contributed by atoms with Crippen molar-refractivity contribution in [1.82, 2.24) is 0 Å². The van der Waals surface area contributed by atoms with Gasteiger partial charge < -0.3 is 25.6 Å². The van der Waals surface area contributed by atoms with Crippen molar-refractivity contribution in [2.24, 2.45) is 17.3 Å². The van der Waals surface area contributed by atoms with Crippen molar-refractivity contribution in [2.45, 2.75) is 60.9 Å². The monoisotopic (exact) mass is 588 g/mol. The second kappa shape index (κ2) is 12.7. The largest absolute Gasteiger partial charge is 0.478 e. The van der Waals surface area contributed by atoms with Crippen LogP contribution in [0.25, 0.3) is 0 Å². The summed E-state index contributed by atoms with van der Waals surface area (Å²) in [7, 11) is 0. The summed E-state index contributed by atoms with van der Waals surface area (Å²) in [5, 5.41) is 25.6. The van der Waals surface area contributed by atoms with E-state index in [1.54, 1.807) is 38.1 Å². The maximum Gasteiger partial charge on any atom is 0.336 e. The second-order valence-electron chi connectivity index (χ2n) is 12.4. The molecule has 3 aromatic carbocycles. The van der Waals surface area contributed by atoms with Crippen LogP contribution in [0.15, 0.2) is 60.7 Å². The highest BCUT2D eigenvalue weighted by molar-refractivity contribution is 6.15.